The van der Waals surface area contributed by atoms with Gasteiger partial charge in [-0.2, -0.15) is 5.10 Å². The number of anilines is 1. The van der Waals surface area contributed by atoms with Crippen molar-refractivity contribution in [3.05, 3.63) is 49.1 Å². The second kappa shape index (κ2) is 10.2. The van der Waals surface area contributed by atoms with E-state index >= 15 is 0 Å². The summed E-state index contributed by atoms with van der Waals surface area (Å²) in [5.74, 6) is -0.371. The van der Waals surface area contributed by atoms with Crippen LogP contribution in [0.15, 0.2) is 47.9 Å². The van der Waals surface area contributed by atoms with E-state index in [-0.39, 0.29) is 24.4 Å². The fraction of sp³-hybridized carbons (Fsp3) is 0.333. The third-order valence-corrected chi connectivity index (χ3v) is 6.26. The number of amides is 1. The van der Waals surface area contributed by atoms with Crippen molar-refractivity contribution >= 4 is 19.8 Å². The van der Waals surface area contributed by atoms with E-state index in [0.29, 0.717) is 22.6 Å². The minimum atomic E-state index is -4.66. The first-order valence-electron chi connectivity index (χ1n) is 11.3. The Hall–Kier alpha value is -3.55. The number of carbonyl (C=O) groups is 1. The molecule has 0 bridgehead atoms. The Morgan fingerprint density at radius 1 is 1.17 bits per heavy atom. The Balaban J connectivity index is 1.34. The summed E-state index contributed by atoms with van der Waals surface area (Å²) in [7, 11) is -4.66. The fourth-order valence-electron chi connectivity index (χ4n) is 4.02. The van der Waals surface area contributed by atoms with E-state index in [4.69, 9.17) is 24.2 Å². The standard InChI is InChI=1S/C21H25N8O6P/c30-20(18-12-34-21(26-18)14-8-24-28(10-14)13-35-36(31,32)33)25-17-11-29(15-4-2-1-3-5-15)27-19(17)16-9-22-6-7-23-16/h6-12,15,31-33,36H,1-5,13H2,(H,25,30). The first-order valence-corrected chi connectivity index (χ1v) is 13.1. The van der Waals surface area contributed by atoms with Gasteiger partial charge in [0.05, 0.1) is 12.2 Å². The molecular formula is C21H25N8O6P. The van der Waals surface area contributed by atoms with E-state index in [9.17, 15) is 4.79 Å². The zero-order valence-corrected chi connectivity index (χ0v) is 20.1. The average molecular weight is 516 g/mol. The second-order valence-corrected chi connectivity index (χ2v) is 9.80. The van der Waals surface area contributed by atoms with Crippen LogP contribution in [0.1, 0.15) is 48.6 Å². The van der Waals surface area contributed by atoms with Crippen LogP contribution in [0.4, 0.5) is 5.69 Å². The van der Waals surface area contributed by atoms with E-state index in [0.717, 1.165) is 25.7 Å². The molecule has 4 heterocycles. The molecule has 1 aliphatic rings. The first kappa shape index (κ1) is 24.2. The molecule has 0 radical (unpaired) electrons. The van der Waals surface area contributed by atoms with Gasteiger partial charge in [-0.25, -0.2) is 0 Å². The molecule has 0 atom stereocenters. The van der Waals surface area contributed by atoms with E-state index in [1.807, 2.05) is 10.9 Å². The number of rotatable bonds is 8. The fourth-order valence-corrected chi connectivity index (χ4v) is 4.33. The Kier molecular flexibility index (Phi) is 6.85. The normalized spacial score (nSPS) is 15.2. The second-order valence-electron chi connectivity index (χ2n) is 8.36. The molecule has 5 rings (SSSR count). The van der Waals surface area contributed by atoms with Crippen LogP contribution in [0.2, 0.25) is 0 Å². The molecule has 4 N–H and O–H groups in total. The van der Waals surface area contributed by atoms with E-state index < -0.39 is 14.1 Å². The van der Waals surface area contributed by atoms with Crippen molar-refractivity contribution < 1.29 is 28.4 Å². The van der Waals surface area contributed by atoms with Crippen molar-refractivity contribution in [3.63, 3.8) is 0 Å². The summed E-state index contributed by atoms with van der Waals surface area (Å²) in [6.07, 6.45) is 16.2. The van der Waals surface area contributed by atoms with Crippen molar-refractivity contribution in [2.24, 2.45) is 0 Å². The number of aromatic nitrogens is 7. The zero-order chi connectivity index (χ0) is 25.1. The third-order valence-electron chi connectivity index (χ3n) is 5.74. The Morgan fingerprint density at radius 2 is 2.00 bits per heavy atom. The van der Waals surface area contributed by atoms with Gasteiger partial charge in [0.1, 0.15) is 5.69 Å². The summed E-state index contributed by atoms with van der Waals surface area (Å²) in [4.78, 5) is 52.6. The van der Waals surface area contributed by atoms with Gasteiger partial charge in [0.15, 0.2) is 0 Å². The monoisotopic (exact) mass is 516 g/mol. The van der Waals surface area contributed by atoms with Crippen molar-refractivity contribution in [3.8, 4) is 22.8 Å². The summed E-state index contributed by atoms with van der Waals surface area (Å²) >= 11 is 0. The Labute approximate surface area is 205 Å². The molecular weight excluding hydrogens is 491 g/mol. The maximum atomic E-state index is 13.0. The number of hydrogen-bond donors (Lipinski definition) is 4. The minimum absolute atomic E-state index is 0.0389. The molecule has 4 aromatic heterocycles. The third kappa shape index (κ3) is 5.64. The summed E-state index contributed by atoms with van der Waals surface area (Å²) in [6.45, 7) is -0.389. The summed E-state index contributed by atoms with van der Waals surface area (Å²) in [6, 6.07) is 0.259. The summed E-state index contributed by atoms with van der Waals surface area (Å²) in [5, 5.41) is 11.5. The molecule has 1 amide bonds. The van der Waals surface area contributed by atoms with Gasteiger partial charge in [-0.1, -0.05) is 19.3 Å². The molecule has 4 aromatic rings. The summed E-state index contributed by atoms with van der Waals surface area (Å²) in [5.41, 5.74) is 2.01. The van der Waals surface area contributed by atoms with E-state index in [1.165, 1.54) is 29.8 Å². The maximum absolute atomic E-state index is 13.0. The van der Waals surface area contributed by atoms with Gasteiger partial charge < -0.3 is 0 Å². The molecule has 1 fully saturated rings. The van der Waals surface area contributed by atoms with Gasteiger partial charge >= 0.3 is 123 Å². The Bertz CT molecular complexity index is 1330. The molecule has 0 aliphatic heterocycles. The number of hydrogen-bond acceptors (Lipinski definition) is 11. The molecule has 190 valence electrons. The Morgan fingerprint density at radius 3 is 2.75 bits per heavy atom. The molecule has 1 saturated carbocycles. The number of oxazole rings is 1. The van der Waals surface area contributed by atoms with E-state index in [1.54, 1.807) is 18.6 Å². The van der Waals surface area contributed by atoms with Gasteiger partial charge in [0.25, 0.3) is 0 Å². The van der Waals surface area contributed by atoms with Crippen molar-refractivity contribution in [1.29, 1.82) is 0 Å². The van der Waals surface area contributed by atoms with Crippen molar-refractivity contribution in [1.82, 2.24) is 34.5 Å². The molecule has 0 saturated heterocycles. The van der Waals surface area contributed by atoms with Crippen LogP contribution in [-0.2, 0) is 11.3 Å². The van der Waals surface area contributed by atoms with Gasteiger partial charge in [-0.05, 0) is 12.8 Å². The van der Waals surface area contributed by atoms with E-state index in [2.05, 4.69) is 29.9 Å². The average Bonchev–Trinajstić information content (AvgIpc) is 3.63. The van der Waals surface area contributed by atoms with Crippen molar-refractivity contribution in [2.45, 2.75) is 44.9 Å². The van der Waals surface area contributed by atoms with Gasteiger partial charge in [-0.3, -0.25) is 14.6 Å². The molecule has 0 spiro atoms. The molecule has 14 nitrogen and oxygen atoms in total. The van der Waals surface area contributed by atoms with Crippen molar-refractivity contribution in [2.75, 3.05) is 5.32 Å². The molecule has 0 unspecified atom stereocenters. The number of nitrogens with one attached hydrogen (secondary N) is 1. The van der Waals surface area contributed by atoms with Gasteiger partial charge in [0.2, 0.25) is 0 Å². The first-order chi connectivity index (χ1) is 17.4. The zero-order valence-electron chi connectivity index (χ0n) is 19.1. The molecule has 36 heavy (non-hydrogen) atoms. The quantitative estimate of drug-likeness (QED) is 0.252. The van der Waals surface area contributed by atoms with Crippen LogP contribution in [0.3, 0.4) is 0 Å². The van der Waals surface area contributed by atoms with Crippen LogP contribution < -0.4 is 5.32 Å². The van der Waals surface area contributed by atoms with Crippen LogP contribution in [-0.4, -0.2) is 55.1 Å². The van der Waals surface area contributed by atoms with Crippen LogP contribution in [0.5, 0.6) is 0 Å². The van der Waals surface area contributed by atoms with Crippen LogP contribution >= 0.6 is 8.17 Å². The topological polar surface area (TPSA) is 186 Å². The van der Waals surface area contributed by atoms with Crippen LogP contribution in [0, 0.1) is 0 Å². The number of carbonyl (C=O) groups excluding carboxylic acids is 1. The SMILES string of the molecule is O=C(Nc1cn(C2CCCCC2)nc1-c1cnccn1)c1coc(-c2cnn(CO[PH](O)(O)O)c2)n1. The predicted molar refractivity (Wildman–Crippen MR) is 127 cm³/mol. The molecule has 15 heteroatoms. The molecule has 1 aliphatic carbocycles. The van der Waals surface area contributed by atoms with Gasteiger partial charge in [-0.15, -0.1) is 0 Å². The molecule has 0 aromatic carbocycles. The van der Waals surface area contributed by atoms with Gasteiger partial charge in [0, 0.05) is 12.4 Å². The van der Waals surface area contributed by atoms with Crippen LogP contribution in [0.25, 0.3) is 22.8 Å². The summed E-state index contributed by atoms with van der Waals surface area (Å²) < 4.78 is 13.1. The predicted octanol–water partition coefficient (Wildman–Crippen LogP) is 2.31. The number of nitrogens with zero attached hydrogens (tertiary/aromatic N) is 7.